The monoisotopic (exact) mass is 532 g/mol. The van der Waals surface area contributed by atoms with E-state index < -0.39 is 4.92 Å². The van der Waals surface area contributed by atoms with Gasteiger partial charge < -0.3 is 5.73 Å². The number of rotatable bonds is 5. The molecule has 0 aliphatic heterocycles. The van der Waals surface area contributed by atoms with E-state index in [0.29, 0.717) is 5.69 Å². The van der Waals surface area contributed by atoms with Gasteiger partial charge in [0, 0.05) is 71.9 Å². The number of benzene rings is 2. The predicted molar refractivity (Wildman–Crippen MR) is 158 cm³/mol. The summed E-state index contributed by atoms with van der Waals surface area (Å²) in [4.78, 5) is 19.0. The number of aromatic nitrogens is 6. The summed E-state index contributed by atoms with van der Waals surface area (Å²) in [6, 6.07) is 18.4. The Morgan fingerprint density at radius 3 is 2.10 bits per heavy atom. The number of hydrogen-bond donors (Lipinski definition) is 1. The van der Waals surface area contributed by atoms with Crippen molar-refractivity contribution in [3.05, 3.63) is 101 Å². The molecule has 0 spiro atoms. The summed E-state index contributed by atoms with van der Waals surface area (Å²) >= 11 is 0. The van der Waals surface area contributed by atoms with Crippen LogP contribution in [0.5, 0.6) is 0 Å². The number of nitrogens with zero attached hydrogens (tertiary/aromatic N) is 7. The van der Waals surface area contributed by atoms with Crippen LogP contribution in [0, 0.1) is 10.1 Å². The molecule has 200 valence electrons. The van der Waals surface area contributed by atoms with Crippen LogP contribution in [0.3, 0.4) is 0 Å². The van der Waals surface area contributed by atoms with Gasteiger partial charge in [-0.2, -0.15) is 10.2 Å². The highest BCUT2D eigenvalue weighted by molar-refractivity contribution is 5.96. The third-order valence-electron chi connectivity index (χ3n) is 6.63. The fourth-order valence-corrected chi connectivity index (χ4v) is 4.60. The van der Waals surface area contributed by atoms with Crippen LogP contribution in [-0.2, 0) is 20.5 Å². The van der Waals surface area contributed by atoms with Crippen molar-refractivity contribution in [2.45, 2.75) is 13.3 Å². The maximum absolute atomic E-state index is 11.0. The number of anilines is 1. The van der Waals surface area contributed by atoms with Gasteiger partial charge in [-0.25, -0.2) is 0 Å². The average molecular weight is 533 g/mol. The van der Waals surface area contributed by atoms with E-state index in [1.54, 1.807) is 29.1 Å². The van der Waals surface area contributed by atoms with E-state index in [1.165, 1.54) is 6.07 Å². The van der Waals surface area contributed by atoms with E-state index in [0.717, 1.165) is 62.1 Å². The van der Waals surface area contributed by atoms with Gasteiger partial charge in [-0.05, 0) is 61.0 Å². The van der Waals surface area contributed by atoms with Gasteiger partial charge in [-0.3, -0.25) is 29.4 Å². The lowest BCUT2D eigenvalue weighted by molar-refractivity contribution is -0.384. The SMILES string of the molecule is C=Cc1cc(-c2nn(C)c3ccc([N+](=O)[O-])cc23)ccn1.CCc1cc(-c2nn(C)c3ccc(N)cc23)ccn1. The molecule has 0 saturated carbocycles. The molecule has 40 heavy (non-hydrogen) atoms. The normalized spacial score (nSPS) is 10.9. The van der Waals surface area contributed by atoms with Crippen LogP contribution in [-0.4, -0.2) is 34.5 Å². The molecule has 2 aromatic carbocycles. The van der Waals surface area contributed by atoms with Crippen molar-refractivity contribution in [1.82, 2.24) is 29.5 Å². The lowest BCUT2D eigenvalue weighted by Gasteiger charge is -2.01. The van der Waals surface area contributed by atoms with Gasteiger partial charge >= 0.3 is 0 Å². The van der Waals surface area contributed by atoms with Gasteiger partial charge in [0.25, 0.3) is 5.69 Å². The Morgan fingerprint density at radius 1 is 0.875 bits per heavy atom. The van der Waals surface area contributed by atoms with Crippen molar-refractivity contribution in [2.75, 3.05) is 5.73 Å². The first kappa shape index (κ1) is 26.2. The van der Waals surface area contributed by atoms with Crippen molar-refractivity contribution in [1.29, 1.82) is 0 Å². The number of non-ortho nitro benzene ring substituents is 1. The zero-order chi connectivity index (χ0) is 28.4. The number of nitro benzene ring substituents is 1. The van der Waals surface area contributed by atoms with Crippen molar-refractivity contribution < 1.29 is 4.92 Å². The molecule has 0 fully saturated rings. The summed E-state index contributed by atoms with van der Waals surface area (Å²) in [5.74, 6) is 0. The van der Waals surface area contributed by atoms with E-state index in [-0.39, 0.29) is 5.69 Å². The van der Waals surface area contributed by atoms with Crippen LogP contribution in [0.4, 0.5) is 11.4 Å². The van der Waals surface area contributed by atoms with Crippen LogP contribution in [0.2, 0.25) is 0 Å². The second-order valence-corrected chi connectivity index (χ2v) is 9.24. The molecule has 4 heterocycles. The smallest absolute Gasteiger partial charge is 0.270 e. The molecule has 6 rings (SSSR count). The predicted octanol–water partition coefficient (Wildman–Crippen LogP) is 5.97. The van der Waals surface area contributed by atoms with Crippen LogP contribution in [0.15, 0.2) is 79.6 Å². The topological polar surface area (TPSA) is 131 Å². The van der Waals surface area contributed by atoms with Gasteiger partial charge in [0.15, 0.2) is 0 Å². The Kier molecular flexibility index (Phi) is 7.07. The average Bonchev–Trinajstić information content (AvgIpc) is 3.49. The third kappa shape index (κ3) is 5.02. The Balaban J connectivity index is 0.000000162. The molecule has 10 heteroatoms. The lowest BCUT2D eigenvalue weighted by Crippen LogP contribution is -1.91. The summed E-state index contributed by atoms with van der Waals surface area (Å²) in [7, 11) is 3.76. The second-order valence-electron chi connectivity index (χ2n) is 9.24. The number of aryl methyl sites for hydroxylation is 3. The quantitative estimate of drug-likeness (QED) is 0.164. The molecule has 0 saturated heterocycles. The van der Waals surface area contributed by atoms with Gasteiger partial charge in [0.05, 0.1) is 21.7 Å². The molecule has 0 aliphatic rings. The molecule has 4 aromatic heterocycles. The second kappa shape index (κ2) is 10.8. The van der Waals surface area contributed by atoms with Gasteiger partial charge in [0.1, 0.15) is 11.4 Å². The van der Waals surface area contributed by atoms with Gasteiger partial charge in [-0.15, -0.1) is 0 Å². The van der Waals surface area contributed by atoms with Crippen molar-refractivity contribution >= 4 is 39.3 Å². The molecule has 0 amide bonds. The fourth-order valence-electron chi connectivity index (χ4n) is 4.60. The summed E-state index contributed by atoms with van der Waals surface area (Å²) in [6.07, 6.45) is 6.07. The molecule has 0 radical (unpaired) electrons. The van der Waals surface area contributed by atoms with Crippen LogP contribution in [0.1, 0.15) is 18.3 Å². The molecule has 0 bridgehead atoms. The highest BCUT2D eigenvalue weighted by atomic mass is 16.6. The fraction of sp³-hybridized carbons (Fsp3) is 0.133. The summed E-state index contributed by atoms with van der Waals surface area (Å²) < 4.78 is 3.60. The largest absolute Gasteiger partial charge is 0.399 e. The number of pyridine rings is 2. The standard InChI is InChI=1S/C15H12N4O2.C15H16N4/c1-3-11-8-10(6-7-16-11)15-13-9-12(19(20)21)4-5-14(13)18(2)17-15;1-3-12-8-10(6-7-17-12)15-13-9-11(16)4-5-14(13)19(2)18-15/h3-9H,1H2,2H3;4-9H,3,16H2,1-2H3. The minimum absolute atomic E-state index is 0.0507. The number of fused-ring (bicyclic) bond motifs is 2. The van der Waals surface area contributed by atoms with E-state index in [9.17, 15) is 10.1 Å². The number of nitrogens with two attached hydrogens (primary N) is 1. The Labute approximate surface area is 230 Å². The highest BCUT2D eigenvalue weighted by Gasteiger charge is 2.15. The third-order valence-corrected chi connectivity index (χ3v) is 6.63. The Bertz CT molecular complexity index is 1890. The first-order valence-electron chi connectivity index (χ1n) is 12.7. The van der Waals surface area contributed by atoms with Crippen molar-refractivity contribution in [3.8, 4) is 22.5 Å². The van der Waals surface area contributed by atoms with Crippen molar-refractivity contribution in [3.63, 3.8) is 0 Å². The molecular weight excluding hydrogens is 504 g/mol. The molecule has 2 N–H and O–H groups in total. The lowest BCUT2D eigenvalue weighted by atomic mass is 10.1. The van der Waals surface area contributed by atoms with E-state index >= 15 is 0 Å². The zero-order valence-electron chi connectivity index (χ0n) is 22.4. The Hall–Kier alpha value is -5.38. The number of hydrogen-bond acceptors (Lipinski definition) is 7. The van der Waals surface area contributed by atoms with Gasteiger partial charge in [0.2, 0.25) is 0 Å². The van der Waals surface area contributed by atoms with Crippen LogP contribution >= 0.6 is 0 Å². The minimum Gasteiger partial charge on any atom is -0.399 e. The maximum Gasteiger partial charge on any atom is 0.270 e. The van der Waals surface area contributed by atoms with Crippen LogP contribution < -0.4 is 5.73 Å². The first-order chi connectivity index (χ1) is 19.3. The zero-order valence-corrected chi connectivity index (χ0v) is 22.4. The van der Waals surface area contributed by atoms with E-state index in [1.807, 2.05) is 61.4 Å². The molecule has 10 nitrogen and oxygen atoms in total. The molecule has 6 aromatic rings. The molecular formula is C30H28N8O2. The number of nitro groups is 1. The minimum atomic E-state index is -0.405. The maximum atomic E-state index is 11.0. The van der Waals surface area contributed by atoms with Crippen LogP contribution in [0.25, 0.3) is 50.4 Å². The number of nitrogen functional groups attached to an aromatic ring is 1. The highest BCUT2D eigenvalue weighted by Crippen LogP contribution is 2.31. The molecule has 0 aliphatic carbocycles. The van der Waals surface area contributed by atoms with E-state index in [4.69, 9.17) is 5.73 Å². The van der Waals surface area contributed by atoms with E-state index in [2.05, 4.69) is 39.7 Å². The summed E-state index contributed by atoms with van der Waals surface area (Å²) in [5.41, 5.74) is 14.0. The molecule has 0 atom stereocenters. The van der Waals surface area contributed by atoms with Crippen molar-refractivity contribution in [2.24, 2.45) is 14.1 Å². The van der Waals surface area contributed by atoms with Gasteiger partial charge in [-0.1, -0.05) is 13.5 Å². The Morgan fingerprint density at radius 2 is 1.48 bits per heavy atom. The first-order valence-corrected chi connectivity index (χ1v) is 12.7. The summed E-state index contributed by atoms with van der Waals surface area (Å²) in [5, 5.41) is 21.9. The summed E-state index contributed by atoms with van der Waals surface area (Å²) in [6.45, 7) is 5.79. The molecule has 0 unspecified atom stereocenters.